The second-order valence-corrected chi connectivity index (χ2v) is 22.3. The molecule has 2 atom stereocenters. The fourth-order valence-corrected chi connectivity index (χ4v) is 14.0. The largest absolute Gasteiger partial charge is 0.294 e. The molecule has 2 unspecified atom stereocenters. The van der Waals surface area contributed by atoms with Gasteiger partial charge in [0.1, 0.15) is 0 Å². The van der Waals surface area contributed by atoms with Crippen molar-refractivity contribution in [1.82, 2.24) is 0 Å². The van der Waals surface area contributed by atoms with Crippen molar-refractivity contribution in [2.75, 3.05) is 0 Å². The van der Waals surface area contributed by atoms with Gasteiger partial charge in [0.05, 0.1) is 19.6 Å². The molecule has 0 spiro atoms. The van der Waals surface area contributed by atoms with Gasteiger partial charge in [0, 0.05) is 12.3 Å². The first-order valence-electron chi connectivity index (χ1n) is 16.3. The third-order valence-electron chi connectivity index (χ3n) is 8.73. The Hall–Kier alpha value is -4.18. The molecule has 6 rings (SSSR count). The molecular weight excluding hydrogens is 839 g/mol. The molecule has 0 aliphatic carbocycles. The molecule has 4 N–H and O–H groups in total. The molecule has 6 aromatic carbocycles. The molecule has 0 aliphatic rings. The quantitative estimate of drug-likeness (QED) is 0.0824. The summed E-state index contributed by atoms with van der Waals surface area (Å²) in [7, 11) is -22.6. The van der Waals surface area contributed by atoms with Gasteiger partial charge in [0.25, 0.3) is 40.5 Å². The van der Waals surface area contributed by atoms with E-state index < -0.39 is 75.9 Å². The zero-order valence-electron chi connectivity index (χ0n) is 28.9. The maximum atomic E-state index is 13.1. The van der Waals surface area contributed by atoms with Crippen molar-refractivity contribution in [1.29, 1.82) is 0 Å². The minimum absolute atomic E-state index is 0.0494. The lowest BCUT2D eigenvalue weighted by Crippen LogP contribution is -2.17. The van der Waals surface area contributed by atoms with Crippen LogP contribution in [-0.4, -0.2) is 51.9 Å². The topological polar surface area (TPSA) is 217 Å². The molecule has 0 saturated carbocycles. The minimum Gasteiger partial charge on any atom is -0.282 e. The zero-order valence-corrected chi connectivity index (χ0v) is 33.9. The van der Waals surface area contributed by atoms with Crippen LogP contribution in [-0.2, 0) is 52.8 Å². The molecule has 290 valence electrons. The van der Waals surface area contributed by atoms with Crippen molar-refractivity contribution in [3.05, 3.63) is 157 Å². The average Bonchev–Trinajstić information content (AvgIpc) is 3.15. The minimum atomic E-state index is -4.95. The highest BCUT2D eigenvalue weighted by Gasteiger charge is 2.29. The van der Waals surface area contributed by atoms with Gasteiger partial charge in [-0.15, -0.1) is 0 Å². The Bertz CT molecular complexity index is 2680. The molecule has 0 amide bonds. The summed E-state index contributed by atoms with van der Waals surface area (Å²) in [5, 5.41) is 2.19. The summed E-state index contributed by atoms with van der Waals surface area (Å²) in [5.74, 6) is 0. The fourth-order valence-electron chi connectivity index (χ4n) is 6.26. The van der Waals surface area contributed by atoms with E-state index in [1.54, 1.807) is 72.8 Å². The van der Waals surface area contributed by atoms with E-state index in [0.717, 1.165) is 0 Å². The van der Waals surface area contributed by atoms with Gasteiger partial charge in [-0.25, -0.2) is 0 Å². The lowest BCUT2D eigenvalue weighted by atomic mass is 9.96. The van der Waals surface area contributed by atoms with Crippen LogP contribution in [0.3, 0.4) is 0 Å². The van der Waals surface area contributed by atoms with Gasteiger partial charge in [-0.2, -0.15) is 33.7 Å². The highest BCUT2D eigenvalue weighted by Crippen LogP contribution is 2.47. The van der Waals surface area contributed by atoms with E-state index in [1.807, 2.05) is 0 Å². The van der Waals surface area contributed by atoms with Crippen molar-refractivity contribution in [2.24, 2.45) is 0 Å². The number of rotatable bonds is 13. The third-order valence-corrected chi connectivity index (χ3v) is 17.2. The highest BCUT2D eigenvalue weighted by atomic mass is 32.2. The third kappa shape index (κ3) is 9.50. The highest BCUT2D eigenvalue weighted by molar-refractivity contribution is 7.86. The summed E-state index contributed by atoms with van der Waals surface area (Å²) in [6.45, 7) is 0. The summed E-state index contributed by atoms with van der Waals surface area (Å²) < 4.78 is 142. The van der Waals surface area contributed by atoms with Gasteiger partial charge >= 0.3 is 0 Å². The first-order chi connectivity index (χ1) is 26.3. The maximum Gasteiger partial charge on any atom is 0.294 e. The standard InChI is InChI=1S/C38H32O12P2S4/c39-53(40,41)31-17-7-15-29(23-31)51(27-11-3-1-4-12-27)25-35-33(19-9-21-37(35)55(45,46)47)34-20-10-22-38(56(48,49)50)36(34)26-52(28-13-5-2-6-14-28)30-16-8-18-32(24-30)54(42,43)44/h1-24H,25-26H2,(H,39,40,41)(H,42,43,44)(H,45,46,47)(H,48,49,50). The monoisotopic (exact) mass is 870 g/mol. The first-order valence-corrected chi connectivity index (χ1v) is 25.1. The van der Waals surface area contributed by atoms with Crippen LogP contribution in [0, 0.1) is 0 Å². The molecule has 0 fully saturated rings. The fraction of sp³-hybridized carbons (Fsp3) is 0.0526. The maximum absolute atomic E-state index is 13.1. The van der Waals surface area contributed by atoms with Crippen LogP contribution in [0.1, 0.15) is 11.1 Å². The average molecular weight is 871 g/mol. The van der Waals surface area contributed by atoms with E-state index in [-0.39, 0.29) is 34.6 Å². The Morgan fingerprint density at radius 2 is 0.679 bits per heavy atom. The predicted octanol–water partition coefficient (Wildman–Crippen LogP) is 5.61. The molecular formula is C38H32O12P2S4. The van der Waals surface area contributed by atoms with Crippen molar-refractivity contribution in [2.45, 2.75) is 31.9 Å². The van der Waals surface area contributed by atoms with Crippen LogP contribution in [0.5, 0.6) is 0 Å². The van der Waals surface area contributed by atoms with Gasteiger partial charge in [-0.1, -0.05) is 109 Å². The Morgan fingerprint density at radius 1 is 0.357 bits per heavy atom. The molecule has 0 bridgehead atoms. The SMILES string of the molecule is O=S(=O)(O)c1cccc(P(Cc2c(-c3cccc(S(=O)(=O)O)c3CP(c3ccccc3)c3cccc(S(=O)(=O)O)c3)cccc2S(=O)(=O)O)c2ccccc2)c1. The zero-order chi connectivity index (χ0) is 40.5. The van der Waals surface area contributed by atoms with E-state index in [0.29, 0.717) is 21.2 Å². The van der Waals surface area contributed by atoms with Crippen LogP contribution in [0.2, 0.25) is 0 Å². The van der Waals surface area contributed by atoms with Crippen molar-refractivity contribution in [3.8, 4) is 11.1 Å². The van der Waals surface area contributed by atoms with E-state index in [2.05, 4.69) is 0 Å². The van der Waals surface area contributed by atoms with Crippen molar-refractivity contribution in [3.63, 3.8) is 0 Å². The second kappa shape index (κ2) is 16.4. The van der Waals surface area contributed by atoms with E-state index in [1.165, 1.54) is 72.8 Å². The number of hydrogen-bond donors (Lipinski definition) is 4. The predicted molar refractivity (Wildman–Crippen MR) is 217 cm³/mol. The van der Waals surface area contributed by atoms with Gasteiger partial charge < -0.3 is 0 Å². The lowest BCUT2D eigenvalue weighted by Gasteiger charge is -2.25. The molecule has 0 aromatic heterocycles. The van der Waals surface area contributed by atoms with Crippen LogP contribution in [0.25, 0.3) is 11.1 Å². The van der Waals surface area contributed by atoms with Crippen LogP contribution in [0.4, 0.5) is 0 Å². The van der Waals surface area contributed by atoms with E-state index >= 15 is 0 Å². The second-order valence-electron chi connectivity index (χ2n) is 12.3. The van der Waals surface area contributed by atoms with Gasteiger partial charge in [0.2, 0.25) is 0 Å². The summed E-state index contributed by atoms with van der Waals surface area (Å²) >= 11 is 0. The number of benzene rings is 6. The molecule has 0 heterocycles. The Morgan fingerprint density at radius 3 is 1.00 bits per heavy atom. The van der Waals surface area contributed by atoms with Crippen LogP contribution >= 0.6 is 15.8 Å². The molecule has 0 saturated heterocycles. The summed E-state index contributed by atoms with van der Waals surface area (Å²) in [4.78, 5) is -1.79. The molecule has 56 heavy (non-hydrogen) atoms. The van der Waals surface area contributed by atoms with Crippen LogP contribution < -0.4 is 21.2 Å². The van der Waals surface area contributed by atoms with E-state index in [9.17, 15) is 51.9 Å². The Balaban J connectivity index is 1.63. The lowest BCUT2D eigenvalue weighted by molar-refractivity contribution is 0.480. The molecule has 6 aromatic rings. The van der Waals surface area contributed by atoms with Crippen LogP contribution in [0.15, 0.2) is 165 Å². The summed E-state index contributed by atoms with van der Waals surface area (Å²) in [5.41, 5.74) is 0.441. The van der Waals surface area contributed by atoms with Gasteiger partial charge in [-0.05, 0) is 95.7 Å². The molecule has 0 aliphatic heterocycles. The summed E-state index contributed by atoms with van der Waals surface area (Å²) in [6, 6.07) is 36.8. The molecule has 18 heteroatoms. The van der Waals surface area contributed by atoms with Gasteiger partial charge in [0.15, 0.2) is 0 Å². The number of hydrogen-bond acceptors (Lipinski definition) is 8. The smallest absolute Gasteiger partial charge is 0.282 e. The van der Waals surface area contributed by atoms with Crippen molar-refractivity contribution < 1.29 is 51.9 Å². The molecule has 0 radical (unpaired) electrons. The first kappa shape index (κ1) is 41.5. The molecule has 12 nitrogen and oxygen atoms in total. The van der Waals surface area contributed by atoms with Gasteiger partial charge in [-0.3, -0.25) is 18.2 Å². The Labute approximate surface area is 327 Å². The Kier molecular flexibility index (Phi) is 12.1. The van der Waals surface area contributed by atoms with E-state index in [4.69, 9.17) is 0 Å². The van der Waals surface area contributed by atoms with Crippen molar-refractivity contribution >= 4 is 77.5 Å². The summed E-state index contributed by atoms with van der Waals surface area (Å²) in [6.07, 6.45) is -0.280. The normalized spacial score (nSPS) is 13.6.